The summed E-state index contributed by atoms with van der Waals surface area (Å²) in [6.45, 7) is 15.0. The molecule has 0 aromatic heterocycles. The zero-order valence-electron chi connectivity index (χ0n) is 26.2. The van der Waals surface area contributed by atoms with E-state index in [4.69, 9.17) is 14.2 Å². The summed E-state index contributed by atoms with van der Waals surface area (Å²) in [5.41, 5.74) is 1.18. The molecule has 228 valence electrons. The van der Waals surface area contributed by atoms with Crippen molar-refractivity contribution in [2.24, 2.45) is 52.8 Å². The molecule has 1 aromatic carbocycles. The van der Waals surface area contributed by atoms with Gasteiger partial charge in [0, 0.05) is 36.5 Å². The number of amides is 1. The summed E-state index contributed by atoms with van der Waals surface area (Å²) in [7, 11) is 0. The SMILES string of the molecule is CC(=O)O[C@]12Cc3ccc(cc3)O[C@@H]3[C@H]4[C@@H](C[C@H](C)C[C@@H]4C)[C@H]4C(C)=C5[C@H](C)C(C)=C[C@@]5(C)[C@@H](C(=O)[C@]5(O[C@H]51)C(=O)N2)[C@@H]34. The number of benzene rings is 1. The second-order valence-corrected chi connectivity index (χ2v) is 15.3. The number of esters is 1. The monoisotopic (exact) mass is 585 g/mol. The maximum atomic E-state index is 15.4. The van der Waals surface area contributed by atoms with E-state index in [1.54, 1.807) is 0 Å². The Morgan fingerprint density at radius 1 is 1.05 bits per heavy atom. The lowest BCUT2D eigenvalue weighted by Crippen LogP contribution is -2.55. The minimum absolute atomic E-state index is 0.116. The lowest BCUT2D eigenvalue weighted by Gasteiger charge is -2.49. The van der Waals surface area contributed by atoms with Crippen LogP contribution in [0.3, 0.4) is 0 Å². The molecule has 13 atom stereocenters. The van der Waals surface area contributed by atoms with Gasteiger partial charge in [-0.1, -0.05) is 62.6 Å². The smallest absolute Gasteiger partial charge is 0.304 e. The quantitative estimate of drug-likeness (QED) is 0.211. The van der Waals surface area contributed by atoms with Crippen LogP contribution >= 0.6 is 0 Å². The Balaban J connectivity index is 1.38. The molecule has 4 heterocycles. The van der Waals surface area contributed by atoms with E-state index >= 15 is 4.79 Å². The maximum absolute atomic E-state index is 15.4. The van der Waals surface area contributed by atoms with Gasteiger partial charge in [-0.25, -0.2) is 0 Å². The minimum atomic E-state index is -1.68. The number of hydrogen-bond acceptors (Lipinski definition) is 6. The Hall–Kier alpha value is -2.93. The molecule has 0 radical (unpaired) electrons. The van der Waals surface area contributed by atoms with Crippen molar-refractivity contribution in [3.8, 4) is 5.75 Å². The highest BCUT2D eigenvalue weighted by Crippen LogP contribution is 2.69. The van der Waals surface area contributed by atoms with Gasteiger partial charge in [0.2, 0.25) is 11.3 Å². The number of ether oxygens (including phenoxy) is 3. The number of hydrogen-bond donors (Lipinski definition) is 1. The molecule has 8 aliphatic rings. The molecule has 43 heavy (non-hydrogen) atoms. The van der Waals surface area contributed by atoms with Gasteiger partial charge in [0.15, 0.2) is 11.9 Å². The third-order valence-electron chi connectivity index (χ3n) is 12.8. The van der Waals surface area contributed by atoms with E-state index in [2.05, 4.69) is 52.9 Å². The molecule has 9 rings (SSSR count). The summed E-state index contributed by atoms with van der Waals surface area (Å²) < 4.78 is 19.2. The number of epoxide rings is 1. The van der Waals surface area contributed by atoms with Crippen molar-refractivity contribution in [1.29, 1.82) is 0 Å². The Labute approximate surface area is 253 Å². The van der Waals surface area contributed by atoms with Crippen LogP contribution in [-0.4, -0.2) is 41.2 Å². The third-order valence-corrected chi connectivity index (χ3v) is 12.8. The van der Waals surface area contributed by atoms with Gasteiger partial charge in [-0.15, -0.1) is 0 Å². The number of nitrogens with one attached hydrogen (secondary N) is 1. The van der Waals surface area contributed by atoms with Gasteiger partial charge in [-0.05, 0) is 74.0 Å². The van der Waals surface area contributed by atoms with Crippen LogP contribution in [0.4, 0.5) is 0 Å². The molecule has 2 saturated carbocycles. The summed E-state index contributed by atoms with van der Waals surface area (Å²) >= 11 is 0. The molecule has 7 heteroatoms. The van der Waals surface area contributed by atoms with E-state index in [0.29, 0.717) is 23.7 Å². The Bertz CT molecular complexity index is 1530. The molecule has 2 saturated heterocycles. The van der Waals surface area contributed by atoms with Crippen molar-refractivity contribution in [3.05, 3.63) is 52.6 Å². The van der Waals surface area contributed by atoms with Crippen LogP contribution in [0.1, 0.15) is 66.9 Å². The topological polar surface area (TPSA) is 94.2 Å². The van der Waals surface area contributed by atoms with Crippen molar-refractivity contribution < 1.29 is 28.6 Å². The zero-order valence-corrected chi connectivity index (χ0v) is 26.2. The van der Waals surface area contributed by atoms with E-state index in [1.165, 1.54) is 23.6 Å². The first-order valence-electron chi connectivity index (χ1n) is 16.2. The highest BCUT2D eigenvalue weighted by atomic mass is 16.7. The average Bonchev–Trinajstić information content (AvgIpc) is 3.48. The molecular formula is C36H43NO6. The predicted molar refractivity (Wildman–Crippen MR) is 159 cm³/mol. The molecular weight excluding hydrogens is 542 g/mol. The number of rotatable bonds is 1. The summed E-state index contributed by atoms with van der Waals surface area (Å²) in [6, 6.07) is 7.92. The first-order chi connectivity index (χ1) is 20.3. The molecule has 1 aromatic rings. The van der Waals surface area contributed by atoms with Crippen LogP contribution in [-0.2, 0) is 30.3 Å². The Morgan fingerprint density at radius 2 is 1.77 bits per heavy atom. The number of allylic oxidation sites excluding steroid dienone is 4. The van der Waals surface area contributed by atoms with E-state index in [1.807, 2.05) is 24.3 Å². The predicted octanol–water partition coefficient (Wildman–Crippen LogP) is 5.18. The fraction of sp³-hybridized carbons (Fsp3) is 0.639. The minimum Gasteiger partial charge on any atom is -0.490 e. The van der Waals surface area contributed by atoms with Gasteiger partial charge in [0.1, 0.15) is 11.9 Å². The van der Waals surface area contributed by atoms with Crippen molar-refractivity contribution in [3.63, 3.8) is 0 Å². The second kappa shape index (κ2) is 8.62. The lowest BCUT2D eigenvalue weighted by atomic mass is 9.53. The van der Waals surface area contributed by atoms with Crippen LogP contribution < -0.4 is 10.1 Å². The number of Topliss-reactive ketones (excluding diaryl/α,β-unsaturated/α-hetero) is 1. The Morgan fingerprint density at radius 3 is 2.44 bits per heavy atom. The maximum Gasteiger partial charge on any atom is 0.304 e. The van der Waals surface area contributed by atoms with Crippen LogP contribution in [0.25, 0.3) is 0 Å². The fourth-order valence-corrected chi connectivity index (χ4v) is 11.5. The second-order valence-electron chi connectivity index (χ2n) is 15.3. The van der Waals surface area contributed by atoms with Crippen molar-refractivity contribution in [2.75, 3.05) is 0 Å². The molecule has 7 nitrogen and oxygen atoms in total. The molecule has 4 aliphatic carbocycles. The summed E-state index contributed by atoms with van der Waals surface area (Å²) in [5.74, 6) is 1.11. The number of carbonyl (C=O) groups is 3. The third kappa shape index (κ3) is 3.38. The first kappa shape index (κ1) is 27.6. The highest BCUT2D eigenvalue weighted by Gasteiger charge is 2.84. The summed E-state index contributed by atoms with van der Waals surface area (Å²) in [4.78, 5) is 41.8. The normalized spacial score (nSPS) is 48.9. The van der Waals surface area contributed by atoms with E-state index in [-0.39, 0.29) is 36.1 Å². The van der Waals surface area contributed by atoms with Gasteiger partial charge in [0.05, 0.1) is 0 Å². The van der Waals surface area contributed by atoms with Crippen LogP contribution in [0.2, 0.25) is 0 Å². The zero-order chi connectivity index (χ0) is 30.4. The largest absolute Gasteiger partial charge is 0.490 e. The fourth-order valence-electron chi connectivity index (χ4n) is 11.5. The van der Waals surface area contributed by atoms with Gasteiger partial charge in [0.25, 0.3) is 5.91 Å². The van der Waals surface area contributed by atoms with E-state index in [0.717, 1.165) is 24.2 Å². The molecule has 4 aliphatic heterocycles. The highest BCUT2D eigenvalue weighted by molar-refractivity contribution is 6.17. The number of morpholine rings is 1. The van der Waals surface area contributed by atoms with Gasteiger partial charge >= 0.3 is 5.97 Å². The summed E-state index contributed by atoms with van der Waals surface area (Å²) in [5, 5.41) is 2.97. The molecule has 1 amide bonds. The van der Waals surface area contributed by atoms with Gasteiger partial charge in [-0.2, -0.15) is 0 Å². The van der Waals surface area contributed by atoms with Gasteiger partial charge in [-0.3, -0.25) is 14.4 Å². The molecule has 1 N–H and O–H groups in total. The van der Waals surface area contributed by atoms with E-state index in [9.17, 15) is 9.59 Å². The Kier molecular flexibility index (Phi) is 5.53. The number of fused-ring (bicyclic) bond motifs is 5. The molecule has 4 fully saturated rings. The van der Waals surface area contributed by atoms with Crippen molar-refractivity contribution in [2.45, 2.75) is 91.3 Å². The summed E-state index contributed by atoms with van der Waals surface area (Å²) in [6.07, 6.45) is 3.70. The van der Waals surface area contributed by atoms with Gasteiger partial charge < -0.3 is 19.5 Å². The van der Waals surface area contributed by atoms with E-state index < -0.39 is 40.6 Å². The first-order valence-corrected chi connectivity index (χ1v) is 16.2. The number of carbonyl (C=O) groups excluding carboxylic acids is 3. The molecule has 0 unspecified atom stereocenters. The standard InChI is InChI=1S/C36H43NO6/c1-16-12-17(2)25-24(13-16)26-20(5)28-19(4)18(3)14-34(28,7)29-27(26)30(25)41-23-10-8-22(9-11-23)15-35(42-21(6)38)32-36(43-32,31(29)39)33(40)37-35/h8-11,14,16-17,19,24-27,29-30,32H,12-13,15H2,1-7H3,(H,37,40)/t16-,17+,19-,24-,25-,26-,27+,29-,30-,32+,34-,35-,36-/m1/s1. The van der Waals surface area contributed by atoms with Crippen LogP contribution in [0.15, 0.2) is 47.1 Å². The lowest BCUT2D eigenvalue weighted by molar-refractivity contribution is -0.165. The van der Waals surface area contributed by atoms with Crippen molar-refractivity contribution >= 4 is 17.7 Å². The number of ketones is 1. The van der Waals surface area contributed by atoms with Crippen LogP contribution in [0, 0.1) is 52.8 Å². The average molecular weight is 586 g/mol. The molecule has 4 bridgehead atoms. The van der Waals surface area contributed by atoms with Crippen molar-refractivity contribution in [1.82, 2.24) is 5.32 Å². The van der Waals surface area contributed by atoms with Crippen LogP contribution in [0.5, 0.6) is 5.75 Å². The molecule has 0 spiro atoms.